The van der Waals surface area contributed by atoms with Crippen LogP contribution in [0, 0.1) is 0 Å². The molecule has 7 heteroatoms. The van der Waals surface area contributed by atoms with E-state index in [-0.39, 0.29) is 5.75 Å². The lowest BCUT2D eigenvalue weighted by molar-refractivity contribution is 0.412. The van der Waals surface area contributed by atoms with E-state index in [4.69, 9.17) is 10.5 Å². The molecule has 3 rings (SSSR count). The van der Waals surface area contributed by atoms with Gasteiger partial charge in [0.2, 0.25) is 0 Å². The van der Waals surface area contributed by atoms with E-state index in [9.17, 15) is 5.11 Å². The van der Waals surface area contributed by atoms with Gasteiger partial charge in [-0.25, -0.2) is 15.0 Å². The molecule has 96 valence electrons. The molecular weight excluding hydrogens is 246 g/mol. The van der Waals surface area contributed by atoms with Gasteiger partial charge in [0.1, 0.15) is 29.2 Å². The van der Waals surface area contributed by atoms with Crippen LogP contribution < -0.4 is 10.5 Å². The van der Waals surface area contributed by atoms with Crippen LogP contribution in [0.2, 0.25) is 0 Å². The van der Waals surface area contributed by atoms with E-state index in [0.717, 1.165) is 0 Å². The topological polar surface area (TPSA) is 110 Å². The number of phenolic OH excluding ortho intramolecular Hbond substituents is 1. The van der Waals surface area contributed by atoms with Crippen molar-refractivity contribution in [3.05, 3.63) is 24.5 Å². The van der Waals surface area contributed by atoms with E-state index in [1.54, 1.807) is 19.2 Å². The zero-order valence-electron chi connectivity index (χ0n) is 10.1. The van der Waals surface area contributed by atoms with Crippen LogP contribution in [0.5, 0.6) is 11.5 Å². The molecular formula is C12H11N5O2. The maximum atomic E-state index is 9.90. The molecule has 3 aromatic rings. The van der Waals surface area contributed by atoms with Gasteiger partial charge in [0.25, 0.3) is 0 Å². The number of aromatic nitrogens is 4. The van der Waals surface area contributed by atoms with E-state index in [0.29, 0.717) is 34.1 Å². The highest BCUT2D eigenvalue weighted by atomic mass is 16.5. The van der Waals surface area contributed by atoms with Crippen molar-refractivity contribution in [2.24, 2.45) is 0 Å². The zero-order valence-corrected chi connectivity index (χ0v) is 10.1. The Morgan fingerprint density at radius 1 is 1.32 bits per heavy atom. The Kier molecular flexibility index (Phi) is 2.45. The summed E-state index contributed by atoms with van der Waals surface area (Å²) in [5, 5.41) is 9.90. The molecule has 7 nitrogen and oxygen atoms in total. The largest absolute Gasteiger partial charge is 0.507 e. The van der Waals surface area contributed by atoms with Gasteiger partial charge in [-0.3, -0.25) is 0 Å². The highest BCUT2D eigenvalue weighted by molar-refractivity contribution is 5.85. The maximum absolute atomic E-state index is 9.90. The number of ether oxygens (including phenoxy) is 1. The maximum Gasteiger partial charge on any atom is 0.183 e. The first-order chi connectivity index (χ1) is 9.19. The molecule has 0 spiro atoms. The van der Waals surface area contributed by atoms with Crippen LogP contribution in [0.3, 0.4) is 0 Å². The molecule has 0 fully saturated rings. The first-order valence-electron chi connectivity index (χ1n) is 5.52. The summed E-state index contributed by atoms with van der Waals surface area (Å²) in [4.78, 5) is 15.2. The number of methoxy groups -OCH3 is 1. The number of anilines is 1. The Balaban J connectivity index is 2.21. The van der Waals surface area contributed by atoms with Crippen molar-refractivity contribution in [2.45, 2.75) is 0 Å². The van der Waals surface area contributed by atoms with Crippen LogP contribution >= 0.6 is 0 Å². The van der Waals surface area contributed by atoms with Crippen LogP contribution in [0.1, 0.15) is 0 Å². The highest BCUT2D eigenvalue weighted by Crippen LogP contribution is 2.32. The molecule has 4 N–H and O–H groups in total. The fourth-order valence-electron chi connectivity index (χ4n) is 1.81. The quantitative estimate of drug-likeness (QED) is 0.638. The number of aromatic amines is 1. The van der Waals surface area contributed by atoms with Gasteiger partial charge in [0.05, 0.1) is 12.7 Å². The van der Waals surface area contributed by atoms with Crippen LogP contribution in [0.15, 0.2) is 24.5 Å². The number of rotatable bonds is 2. The molecule has 0 aliphatic heterocycles. The molecule has 0 unspecified atom stereocenters. The highest BCUT2D eigenvalue weighted by Gasteiger charge is 2.13. The monoisotopic (exact) mass is 257 g/mol. The van der Waals surface area contributed by atoms with Crippen LogP contribution in [-0.4, -0.2) is 32.2 Å². The molecule has 0 atom stereocenters. The fourth-order valence-corrected chi connectivity index (χ4v) is 1.81. The molecule has 1 aromatic carbocycles. The van der Waals surface area contributed by atoms with Crippen molar-refractivity contribution in [3.8, 4) is 22.9 Å². The summed E-state index contributed by atoms with van der Waals surface area (Å²) in [6, 6.07) is 4.88. The van der Waals surface area contributed by atoms with E-state index >= 15 is 0 Å². The number of H-pyrrole nitrogens is 1. The number of hydrogen-bond donors (Lipinski definition) is 3. The average Bonchev–Trinajstić information content (AvgIpc) is 2.84. The van der Waals surface area contributed by atoms with Crippen molar-refractivity contribution in [1.82, 2.24) is 19.9 Å². The Hall–Kier alpha value is -2.83. The number of nitrogens with one attached hydrogen (secondary N) is 1. The molecule has 0 aliphatic carbocycles. The number of phenols is 1. The smallest absolute Gasteiger partial charge is 0.183 e. The lowest BCUT2D eigenvalue weighted by atomic mass is 10.2. The van der Waals surface area contributed by atoms with Crippen LogP contribution in [0.4, 0.5) is 5.82 Å². The number of aromatic hydroxyl groups is 1. The number of imidazole rings is 1. The summed E-state index contributed by atoms with van der Waals surface area (Å²) in [6.45, 7) is 0. The van der Waals surface area contributed by atoms with Crippen molar-refractivity contribution in [1.29, 1.82) is 0 Å². The number of benzene rings is 1. The summed E-state index contributed by atoms with van der Waals surface area (Å²) in [5.74, 6) is 1.48. The van der Waals surface area contributed by atoms with Gasteiger partial charge >= 0.3 is 0 Å². The summed E-state index contributed by atoms with van der Waals surface area (Å²) in [6.07, 6.45) is 1.34. The summed E-state index contributed by atoms with van der Waals surface area (Å²) in [7, 11) is 1.55. The Bertz CT molecular complexity index is 753. The second kappa shape index (κ2) is 4.13. The third kappa shape index (κ3) is 1.81. The van der Waals surface area contributed by atoms with Gasteiger partial charge < -0.3 is 20.6 Å². The lowest BCUT2D eigenvalue weighted by Gasteiger charge is -2.04. The second-order valence-electron chi connectivity index (χ2n) is 3.93. The molecule has 2 heterocycles. The first kappa shape index (κ1) is 11.3. The van der Waals surface area contributed by atoms with Crippen molar-refractivity contribution >= 4 is 17.0 Å². The molecule has 0 bridgehead atoms. The Labute approximate surface area is 108 Å². The van der Waals surface area contributed by atoms with Crippen LogP contribution in [-0.2, 0) is 0 Å². The lowest BCUT2D eigenvalue weighted by Crippen LogP contribution is -1.91. The SMILES string of the molecule is COc1ccc(O)c(-c2nc3ncnc(N)c3[nH]2)c1. The number of nitrogen functional groups attached to an aromatic ring is 1. The molecule has 0 radical (unpaired) electrons. The normalized spacial score (nSPS) is 10.8. The molecule has 2 aromatic heterocycles. The third-order valence-electron chi connectivity index (χ3n) is 2.78. The Morgan fingerprint density at radius 3 is 2.89 bits per heavy atom. The first-order valence-corrected chi connectivity index (χ1v) is 5.52. The van der Waals surface area contributed by atoms with Gasteiger partial charge in [-0.15, -0.1) is 0 Å². The number of nitrogens with zero attached hydrogens (tertiary/aromatic N) is 3. The van der Waals surface area contributed by atoms with Gasteiger partial charge in [-0.1, -0.05) is 0 Å². The summed E-state index contributed by atoms with van der Waals surface area (Å²) >= 11 is 0. The van der Waals surface area contributed by atoms with E-state index < -0.39 is 0 Å². The zero-order chi connectivity index (χ0) is 13.4. The van der Waals surface area contributed by atoms with Crippen molar-refractivity contribution in [3.63, 3.8) is 0 Å². The van der Waals surface area contributed by atoms with Gasteiger partial charge in [-0.05, 0) is 18.2 Å². The van der Waals surface area contributed by atoms with Crippen molar-refractivity contribution in [2.75, 3.05) is 12.8 Å². The Morgan fingerprint density at radius 2 is 2.16 bits per heavy atom. The molecule has 0 aliphatic rings. The summed E-state index contributed by atoms with van der Waals surface area (Å²) < 4.78 is 5.12. The van der Waals surface area contributed by atoms with Gasteiger partial charge in [-0.2, -0.15) is 0 Å². The van der Waals surface area contributed by atoms with Gasteiger partial charge in [0, 0.05) is 0 Å². The minimum Gasteiger partial charge on any atom is -0.507 e. The molecule has 0 saturated carbocycles. The van der Waals surface area contributed by atoms with Crippen LogP contribution in [0.25, 0.3) is 22.6 Å². The number of hydrogen-bond acceptors (Lipinski definition) is 6. The number of nitrogens with two attached hydrogens (primary N) is 1. The standard InChI is InChI=1S/C12H11N5O2/c1-19-6-2-3-8(18)7(4-6)11-16-9-10(13)14-5-15-12(9)17-11/h2-5,18H,1H3,(H3,13,14,15,16,17). The van der Waals surface area contributed by atoms with E-state index in [1.807, 2.05) is 0 Å². The third-order valence-corrected chi connectivity index (χ3v) is 2.78. The molecule has 19 heavy (non-hydrogen) atoms. The summed E-state index contributed by atoms with van der Waals surface area (Å²) in [5.41, 5.74) is 7.23. The van der Waals surface area contributed by atoms with Crippen molar-refractivity contribution < 1.29 is 9.84 Å². The van der Waals surface area contributed by atoms with E-state index in [2.05, 4.69) is 19.9 Å². The molecule has 0 amide bonds. The second-order valence-corrected chi connectivity index (χ2v) is 3.93. The average molecular weight is 257 g/mol. The number of fused-ring (bicyclic) bond motifs is 1. The predicted molar refractivity (Wildman–Crippen MR) is 69.7 cm³/mol. The van der Waals surface area contributed by atoms with E-state index in [1.165, 1.54) is 12.4 Å². The minimum atomic E-state index is 0.0892. The minimum absolute atomic E-state index is 0.0892. The van der Waals surface area contributed by atoms with Gasteiger partial charge in [0.15, 0.2) is 11.5 Å². The predicted octanol–water partition coefficient (Wildman–Crippen LogP) is 1.32. The fraction of sp³-hybridized carbons (Fsp3) is 0.0833. The molecule has 0 saturated heterocycles.